The molecule has 0 N–H and O–H groups in total. The first kappa shape index (κ1) is 16.7. The van der Waals surface area contributed by atoms with Gasteiger partial charge in [0.15, 0.2) is 0 Å². The summed E-state index contributed by atoms with van der Waals surface area (Å²) in [6.07, 6.45) is 0.693. The van der Waals surface area contributed by atoms with Gasteiger partial charge in [0.25, 0.3) is 5.91 Å². The molecule has 1 atom stereocenters. The molecule has 1 aromatic heterocycles. The summed E-state index contributed by atoms with van der Waals surface area (Å²) in [7, 11) is 1.58. The van der Waals surface area contributed by atoms with E-state index in [4.69, 9.17) is 9.47 Å². The number of carbonyl (C=O) groups excluding carboxylic acids is 1. The Hall–Kier alpha value is -2.15. The third-order valence-corrected chi connectivity index (χ3v) is 4.59. The van der Waals surface area contributed by atoms with Crippen molar-refractivity contribution in [2.75, 3.05) is 20.2 Å². The van der Waals surface area contributed by atoms with Gasteiger partial charge in [-0.3, -0.25) is 4.79 Å². The summed E-state index contributed by atoms with van der Waals surface area (Å²) in [5, 5.41) is 7.98. The Balaban J connectivity index is 1.66. The van der Waals surface area contributed by atoms with Gasteiger partial charge in [-0.1, -0.05) is 0 Å². The molecule has 1 fully saturated rings. The molecule has 0 saturated carbocycles. The third-order valence-electron chi connectivity index (χ3n) is 3.90. The lowest BCUT2D eigenvalue weighted by atomic mass is 10.2. The van der Waals surface area contributed by atoms with Gasteiger partial charge < -0.3 is 14.4 Å². The number of ether oxygens (including phenoxy) is 2. The summed E-state index contributed by atoms with van der Waals surface area (Å²) in [4.78, 5) is 14.5. The van der Waals surface area contributed by atoms with E-state index >= 15 is 0 Å². The van der Waals surface area contributed by atoms with E-state index in [2.05, 4.69) is 26.1 Å². The van der Waals surface area contributed by atoms with Crippen molar-refractivity contribution in [1.82, 2.24) is 15.1 Å². The fourth-order valence-corrected chi connectivity index (χ4v) is 3.01. The normalized spacial score (nSPS) is 17.0. The summed E-state index contributed by atoms with van der Waals surface area (Å²) in [5.74, 6) is 1.10. The van der Waals surface area contributed by atoms with E-state index in [0.717, 1.165) is 16.6 Å². The number of aromatic nitrogens is 2. The molecule has 3 rings (SSSR count). The molecule has 0 aliphatic carbocycles. The first-order valence-corrected chi connectivity index (χ1v) is 8.46. The number of hydrogen-bond donors (Lipinski definition) is 0. The molecule has 0 bridgehead atoms. The van der Waals surface area contributed by atoms with Crippen molar-refractivity contribution in [3.8, 4) is 11.6 Å². The van der Waals surface area contributed by atoms with Gasteiger partial charge in [0.1, 0.15) is 11.9 Å². The second kappa shape index (κ2) is 7.17. The van der Waals surface area contributed by atoms with Gasteiger partial charge in [0.05, 0.1) is 24.9 Å². The topological polar surface area (TPSA) is 64.5 Å². The van der Waals surface area contributed by atoms with E-state index in [1.807, 2.05) is 25.1 Å². The van der Waals surface area contributed by atoms with Crippen molar-refractivity contribution in [3.63, 3.8) is 0 Å². The molecule has 1 aliphatic heterocycles. The maximum absolute atomic E-state index is 12.7. The number of hydrogen-bond acceptors (Lipinski definition) is 5. The van der Waals surface area contributed by atoms with E-state index in [0.29, 0.717) is 30.3 Å². The average Bonchev–Trinajstić information content (AvgIpc) is 3.05. The van der Waals surface area contributed by atoms with Gasteiger partial charge in [-0.2, -0.15) is 5.10 Å². The third kappa shape index (κ3) is 3.67. The van der Waals surface area contributed by atoms with Crippen LogP contribution in [-0.4, -0.2) is 47.3 Å². The van der Waals surface area contributed by atoms with Crippen molar-refractivity contribution in [3.05, 3.63) is 46.1 Å². The highest BCUT2D eigenvalue weighted by atomic mass is 79.9. The molecule has 2 heterocycles. The first-order valence-electron chi connectivity index (χ1n) is 7.66. The van der Waals surface area contributed by atoms with Crippen LogP contribution in [0.25, 0.3) is 0 Å². The maximum atomic E-state index is 12.7. The lowest BCUT2D eigenvalue weighted by Crippen LogP contribution is -2.31. The van der Waals surface area contributed by atoms with Crippen LogP contribution < -0.4 is 9.47 Å². The zero-order valence-corrected chi connectivity index (χ0v) is 15.1. The number of amides is 1. The molecule has 1 aromatic carbocycles. The van der Waals surface area contributed by atoms with Gasteiger partial charge in [-0.15, -0.1) is 5.10 Å². The summed E-state index contributed by atoms with van der Waals surface area (Å²) in [5.41, 5.74) is 1.43. The highest BCUT2D eigenvalue weighted by Crippen LogP contribution is 2.26. The zero-order chi connectivity index (χ0) is 17.1. The Kier molecular flexibility index (Phi) is 4.99. The Labute approximate surface area is 148 Å². The molecule has 0 spiro atoms. The van der Waals surface area contributed by atoms with Crippen LogP contribution in [-0.2, 0) is 0 Å². The molecule has 1 amide bonds. The molecule has 1 unspecified atom stereocenters. The van der Waals surface area contributed by atoms with E-state index in [1.54, 1.807) is 24.1 Å². The van der Waals surface area contributed by atoms with Gasteiger partial charge in [-0.25, -0.2) is 0 Å². The number of likely N-dealkylation sites (tertiary alicyclic amines) is 1. The van der Waals surface area contributed by atoms with E-state index in [1.165, 1.54) is 0 Å². The quantitative estimate of drug-likeness (QED) is 0.801. The molecule has 0 radical (unpaired) electrons. The number of rotatable bonds is 4. The highest BCUT2D eigenvalue weighted by Gasteiger charge is 2.29. The van der Waals surface area contributed by atoms with Gasteiger partial charge in [-0.05, 0) is 47.1 Å². The zero-order valence-electron chi connectivity index (χ0n) is 13.5. The fourth-order valence-electron chi connectivity index (χ4n) is 2.59. The summed E-state index contributed by atoms with van der Waals surface area (Å²) in [6, 6.07) is 9.02. The molecule has 7 heteroatoms. The molecule has 1 saturated heterocycles. The smallest absolute Gasteiger partial charge is 0.255 e. The maximum Gasteiger partial charge on any atom is 0.255 e. The van der Waals surface area contributed by atoms with Crippen molar-refractivity contribution < 1.29 is 14.3 Å². The molecular weight excluding hydrogens is 374 g/mol. The monoisotopic (exact) mass is 391 g/mol. The largest absolute Gasteiger partial charge is 0.497 e. The number of nitrogens with zero attached hydrogens (tertiary/aromatic N) is 3. The molecule has 2 aromatic rings. The van der Waals surface area contributed by atoms with Crippen LogP contribution in [0.1, 0.15) is 22.5 Å². The standard InChI is InChI=1S/C17H18BrN3O3/c1-11-3-6-16(20-19-11)24-13-7-8-21(10-13)17(22)14-9-12(23-2)4-5-15(14)18/h3-6,9,13H,7-8,10H2,1-2H3. The van der Waals surface area contributed by atoms with Crippen molar-refractivity contribution in [1.29, 1.82) is 0 Å². The number of carbonyl (C=O) groups is 1. The Morgan fingerprint density at radius 3 is 2.83 bits per heavy atom. The fraction of sp³-hybridized carbons (Fsp3) is 0.353. The van der Waals surface area contributed by atoms with Crippen molar-refractivity contribution in [2.24, 2.45) is 0 Å². The Morgan fingerprint density at radius 1 is 1.29 bits per heavy atom. The molecule has 24 heavy (non-hydrogen) atoms. The average molecular weight is 392 g/mol. The summed E-state index contributed by atoms with van der Waals surface area (Å²) >= 11 is 3.43. The van der Waals surface area contributed by atoms with Gasteiger partial charge >= 0.3 is 0 Å². The molecular formula is C17H18BrN3O3. The minimum Gasteiger partial charge on any atom is -0.497 e. The number of halogens is 1. The van der Waals surface area contributed by atoms with Crippen LogP contribution in [0.2, 0.25) is 0 Å². The van der Waals surface area contributed by atoms with Crippen molar-refractivity contribution >= 4 is 21.8 Å². The lowest BCUT2D eigenvalue weighted by molar-refractivity contribution is 0.0769. The predicted molar refractivity (Wildman–Crippen MR) is 92.4 cm³/mol. The van der Waals surface area contributed by atoms with Crippen LogP contribution >= 0.6 is 15.9 Å². The summed E-state index contributed by atoms with van der Waals surface area (Å²) < 4.78 is 11.8. The van der Waals surface area contributed by atoms with Crippen LogP contribution in [0, 0.1) is 6.92 Å². The van der Waals surface area contributed by atoms with Crippen LogP contribution in [0.5, 0.6) is 11.6 Å². The van der Waals surface area contributed by atoms with Crippen LogP contribution in [0.3, 0.4) is 0 Å². The van der Waals surface area contributed by atoms with Gasteiger partial charge in [0.2, 0.25) is 5.88 Å². The van der Waals surface area contributed by atoms with E-state index < -0.39 is 0 Å². The van der Waals surface area contributed by atoms with E-state index in [-0.39, 0.29) is 12.0 Å². The molecule has 126 valence electrons. The molecule has 6 nitrogen and oxygen atoms in total. The first-order chi connectivity index (χ1) is 11.6. The van der Waals surface area contributed by atoms with Gasteiger partial charge in [0, 0.05) is 23.5 Å². The Bertz CT molecular complexity index is 736. The SMILES string of the molecule is COc1ccc(Br)c(C(=O)N2CCC(Oc3ccc(C)nn3)C2)c1. The number of benzene rings is 1. The number of methoxy groups -OCH3 is 1. The minimum absolute atomic E-state index is 0.0399. The second-order valence-electron chi connectivity index (χ2n) is 5.64. The second-order valence-corrected chi connectivity index (χ2v) is 6.49. The number of aryl methyl sites for hydroxylation is 1. The molecule has 1 aliphatic rings. The minimum atomic E-state index is -0.0738. The van der Waals surface area contributed by atoms with Crippen LogP contribution in [0.15, 0.2) is 34.8 Å². The van der Waals surface area contributed by atoms with Crippen molar-refractivity contribution in [2.45, 2.75) is 19.4 Å². The summed E-state index contributed by atoms with van der Waals surface area (Å²) in [6.45, 7) is 3.04. The van der Waals surface area contributed by atoms with Crippen LogP contribution in [0.4, 0.5) is 0 Å². The lowest BCUT2D eigenvalue weighted by Gasteiger charge is -2.18. The highest BCUT2D eigenvalue weighted by molar-refractivity contribution is 9.10. The van der Waals surface area contributed by atoms with E-state index in [9.17, 15) is 4.79 Å². The predicted octanol–water partition coefficient (Wildman–Crippen LogP) is 2.85. The Morgan fingerprint density at radius 2 is 2.12 bits per heavy atom.